The molecule has 0 aliphatic rings. The van der Waals surface area contributed by atoms with Gasteiger partial charge in [-0.2, -0.15) is 4.98 Å². The Morgan fingerprint density at radius 3 is 3.07 bits per heavy atom. The van der Waals surface area contributed by atoms with Gasteiger partial charge >= 0.3 is 0 Å². The topological polar surface area (TPSA) is 73.1 Å². The molecule has 1 unspecified atom stereocenters. The van der Waals surface area contributed by atoms with Crippen LogP contribution in [0.1, 0.15) is 6.92 Å². The van der Waals surface area contributed by atoms with E-state index in [1.54, 1.807) is 7.11 Å². The van der Waals surface area contributed by atoms with Crippen molar-refractivity contribution in [3.05, 3.63) is 11.2 Å². The van der Waals surface area contributed by atoms with Gasteiger partial charge in [0.05, 0.1) is 12.3 Å². The van der Waals surface area contributed by atoms with Crippen molar-refractivity contribution < 1.29 is 4.74 Å². The lowest BCUT2D eigenvalue weighted by Gasteiger charge is -2.11. The van der Waals surface area contributed by atoms with Crippen LogP contribution in [-0.2, 0) is 4.74 Å². The van der Waals surface area contributed by atoms with Crippen LogP contribution in [0.5, 0.6) is 0 Å². The molecule has 1 heterocycles. The van der Waals surface area contributed by atoms with Gasteiger partial charge in [-0.1, -0.05) is 11.6 Å². The number of anilines is 2. The van der Waals surface area contributed by atoms with Crippen molar-refractivity contribution in [3.8, 4) is 0 Å². The first kappa shape index (κ1) is 11.0. The van der Waals surface area contributed by atoms with Crippen LogP contribution in [-0.4, -0.2) is 29.7 Å². The third-order valence-electron chi connectivity index (χ3n) is 1.72. The predicted octanol–water partition coefficient (Wildman–Crippen LogP) is 1.16. The van der Waals surface area contributed by atoms with Crippen molar-refractivity contribution in [2.75, 3.05) is 24.7 Å². The summed E-state index contributed by atoms with van der Waals surface area (Å²) in [6.07, 6.45) is 1.55. The number of nitrogen functional groups attached to an aromatic ring is 1. The monoisotopic (exact) mass is 216 g/mol. The van der Waals surface area contributed by atoms with E-state index in [0.29, 0.717) is 17.4 Å². The maximum Gasteiger partial charge on any atom is 0.222 e. The van der Waals surface area contributed by atoms with Crippen LogP contribution in [0.15, 0.2) is 6.20 Å². The molecule has 0 amide bonds. The number of nitrogens with one attached hydrogen (secondary N) is 1. The number of nitrogens with two attached hydrogens (primary N) is 1. The summed E-state index contributed by atoms with van der Waals surface area (Å²) in [6, 6.07) is 0. The van der Waals surface area contributed by atoms with Crippen LogP contribution >= 0.6 is 11.6 Å². The number of nitrogens with zero attached hydrogens (tertiary/aromatic N) is 2. The Morgan fingerprint density at radius 1 is 1.71 bits per heavy atom. The Hall–Kier alpha value is -1.07. The number of methoxy groups -OCH3 is 1. The highest BCUT2D eigenvalue weighted by atomic mass is 35.5. The van der Waals surface area contributed by atoms with Gasteiger partial charge in [0.1, 0.15) is 5.02 Å². The molecule has 0 saturated heterocycles. The van der Waals surface area contributed by atoms with Crippen molar-refractivity contribution in [1.82, 2.24) is 9.97 Å². The molecule has 6 heteroatoms. The zero-order chi connectivity index (χ0) is 10.6. The van der Waals surface area contributed by atoms with E-state index in [1.165, 1.54) is 6.20 Å². The molecule has 3 N–H and O–H groups in total. The molecule has 0 aliphatic carbocycles. The molecule has 0 aromatic carbocycles. The van der Waals surface area contributed by atoms with Crippen molar-refractivity contribution in [1.29, 1.82) is 0 Å². The van der Waals surface area contributed by atoms with E-state index < -0.39 is 0 Å². The lowest BCUT2D eigenvalue weighted by molar-refractivity contribution is 0.128. The second-order valence-corrected chi connectivity index (χ2v) is 3.26. The molecule has 1 aromatic rings. The van der Waals surface area contributed by atoms with E-state index in [-0.39, 0.29) is 12.1 Å². The summed E-state index contributed by atoms with van der Waals surface area (Å²) >= 11 is 5.84. The molecular weight excluding hydrogens is 204 g/mol. The smallest absolute Gasteiger partial charge is 0.222 e. The first-order valence-corrected chi connectivity index (χ1v) is 4.56. The SMILES string of the molecule is COC(C)CNc1nc(N)ncc1Cl. The molecule has 0 saturated carbocycles. The standard InChI is InChI=1S/C8H13ClN4O/c1-5(14-2)3-11-7-6(9)4-12-8(10)13-7/h4-5H,3H2,1-2H3,(H3,10,11,12,13). The van der Waals surface area contributed by atoms with Gasteiger partial charge in [-0.05, 0) is 6.92 Å². The lowest BCUT2D eigenvalue weighted by Crippen LogP contribution is -2.19. The number of hydrogen-bond acceptors (Lipinski definition) is 5. The number of halogens is 1. The molecule has 0 fully saturated rings. The summed E-state index contributed by atoms with van der Waals surface area (Å²) in [5, 5.41) is 3.46. The quantitative estimate of drug-likeness (QED) is 0.790. The van der Waals surface area contributed by atoms with Gasteiger partial charge in [0.25, 0.3) is 0 Å². The number of hydrogen-bond donors (Lipinski definition) is 2. The van der Waals surface area contributed by atoms with Crippen molar-refractivity contribution in [2.24, 2.45) is 0 Å². The molecule has 0 radical (unpaired) electrons. The van der Waals surface area contributed by atoms with Gasteiger partial charge in [0.15, 0.2) is 5.82 Å². The summed E-state index contributed by atoms with van der Waals surface area (Å²) < 4.78 is 5.06. The molecule has 0 bridgehead atoms. The van der Waals surface area contributed by atoms with Gasteiger partial charge in [0.2, 0.25) is 5.95 Å². The molecule has 5 nitrogen and oxygen atoms in total. The number of ether oxygens (including phenoxy) is 1. The molecule has 1 aromatic heterocycles. The van der Waals surface area contributed by atoms with Crippen LogP contribution in [0, 0.1) is 0 Å². The molecule has 0 spiro atoms. The minimum Gasteiger partial charge on any atom is -0.380 e. The first-order chi connectivity index (χ1) is 6.63. The Bertz CT molecular complexity index is 307. The first-order valence-electron chi connectivity index (χ1n) is 4.18. The average Bonchev–Trinajstić information content (AvgIpc) is 2.19. The third kappa shape index (κ3) is 3.01. The second-order valence-electron chi connectivity index (χ2n) is 2.85. The maximum absolute atomic E-state index is 5.84. The van der Waals surface area contributed by atoms with E-state index in [9.17, 15) is 0 Å². The van der Waals surface area contributed by atoms with Gasteiger partial charge in [-0.15, -0.1) is 0 Å². The van der Waals surface area contributed by atoms with Crippen LogP contribution in [0.2, 0.25) is 5.02 Å². The highest BCUT2D eigenvalue weighted by molar-refractivity contribution is 6.32. The van der Waals surface area contributed by atoms with E-state index in [2.05, 4.69) is 15.3 Å². The minimum atomic E-state index is 0.0854. The van der Waals surface area contributed by atoms with Crippen LogP contribution in [0.4, 0.5) is 11.8 Å². The summed E-state index contributed by atoms with van der Waals surface area (Å²) in [6.45, 7) is 2.55. The average molecular weight is 217 g/mol. The van der Waals surface area contributed by atoms with Gasteiger partial charge in [-0.25, -0.2) is 4.98 Å². The summed E-state index contributed by atoms with van der Waals surface area (Å²) in [5.41, 5.74) is 5.41. The second kappa shape index (κ2) is 4.97. The van der Waals surface area contributed by atoms with E-state index >= 15 is 0 Å². The van der Waals surface area contributed by atoms with Crippen molar-refractivity contribution >= 4 is 23.4 Å². The van der Waals surface area contributed by atoms with Crippen molar-refractivity contribution in [3.63, 3.8) is 0 Å². The molecule has 0 aliphatic heterocycles. The third-order valence-corrected chi connectivity index (χ3v) is 2.00. The fraction of sp³-hybridized carbons (Fsp3) is 0.500. The molecule has 14 heavy (non-hydrogen) atoms. The minimum absolute atomic E-state index is 0.0854. The molecule has 1 atom stereocenters. The van der Waals surface area contributed by atoms with Gasteiger partial charge in [0, 0.05) is 13.7 Å². The summed E-state index contributed by atoms with van der Waals surface area (Å²) in [7, 11) is 1.64. The molecule has 78 valence electrons. The largest absolute Gasteiger partial charge is 0.380 e. The molecule has 1 rings (SSSR count). The molecular formula is C8H13ClN4O. The van der Waals surface area contributed by atoms with E-state index in [4.69, 9.17) is 22.1 Å². The predicted molar refractivity (Wildman–Crippen MR) is 56.4 cm³/mol. The number of aromatic nitrogens is 2. The van der Waals surface area contributed by atoms with Crippen LogP contribution < -0.4 is 11.1 Å². The lowest BCUT2D eigenvalue weighted by atomic mass is 10.4. The van der Waals surface area contributed by atoms with E-state index in [1.807, 2.05) is 6.92 Å². The van der Waals surface area contributed by atoms with E-state index in [0.717, 1.165) is 0 Å². The van der Waals surface area contributed by atoms with Crippen molar-refractivity contribution in [2.45, 2.75) is 13.0 Å². The van der Waals surface area contributed by atoms with Gasteiger partial charge in [-0.3, -0.25) is 0 Å². The van der Waals surface area contributed by atoms with Gasteiger partial charge < -0.3 is 15.8 Å². The zero-order valence-corrected chi connectivity index (χ0v) is 8.88. The Kier molecular flexibility index (Phi) is 3.91. The normalized spacial score (nSPS) is 12.5. The van der Waals surface area contributed by atoms with Crippen LogP contribution in [0.25, 0.3) is 0 Å². The highest BCUT2D eigenvalue weighted by Crippen LogP contribution is 2.18. The fourth-order valence-corrected chi connectivity index (χ4v) is 0.986. The summed E-state index contributed by atoms with van der Waals surface area (Å²) in [5.74, 6) is 0.727. The Balaban J connectivity index is 2.62. The summed E-state index contributed by atoms with van der Waals surface area (Å²) in [4.78, 5) is 7.70. The highest BCUT2D eigenvalue weighted by Gasteiger charge is 2.05. The number of rotatable bonds is 4. The fourth-order valence-electron chi connectivity index (χ4n) is 0.828. The Labute approximate surface area is 87.6 Å². The Morgan fingerprint density at radius 2 is 2.43 bits per heavy atom. The zero-order valence-electron chi connectivity index (χ0n) is 8.12. The van der Waals surface area contributed by atoms with Crippen LogP contribution in [0.3, 0.4) is 0 Å². The maximum atomic E-state index is 5.84.